The van der Waals surface area contributed by atoms with Crippen molar-refractivity contribution in [1.82, 2.24) is 10.8 Å². The van der Waals surface area contributed by atoms with Gasteiger partial charge in [-0.15, -0.1) is 0 Å². The van der Waals surface area contributed by atoms with Gasteiger partial charge in [0.05, 0.1) is 7.11 Å². The maximum absolute atomic E-state index is 11.2. The Bertz CT molecular complexity index is 185. The molecular formula is C10H20N2O2. The maximum atomic E-state index is 11.2. The van der Waals surface area contributed by atoms with Gasteiger partial charge in [0.15, 0.2) is 0 Å². The predicted octanol–water partition coefficient (Wildman–Crippen LogP) is 1.82. The molecule has 0 heterocycles. The van der Waals surface area contributed by atoms with Crippen LogP contribution in [0.1, 0.15) is 39.0 Å². The Kier molecular flexibility index (Phi) is 4.73. The van der Waals surface area contributed by atoms with Gasteiger partial charge in [-0.25, -0.2) is 10.3 Å². The Morgan fingerprint density at radius 2 is 2.29 bits per heavy atom. The highest BCUT2D eigenvalue weighted by molar-refractivity contribution is 5.72. The summed E-state index contributed by atoms with van der Waals surface area (Å²) in [5, 5.41) is 2.91. The summed E-state index contributed by atoms with van der Waals surface area (Å²) >= 11 is 0. The standard InChI is InChI=1S/C10H20N2O2/c1-3-8-5-4-6-9(7-8)11-10(13)12-14-2/h8-9H,3-7H2,1-2H3,(H2,11,12,13). The van der Waals surface area contributed by atoms with Crippen LogP contribution < -0.4 is 10.8 Å². The number of urea groups is 1. The second kappa shape index (κ2) is 5.86. The molecular weight excluding hydrogens is 180 g/mol. The van der Waals surface area contributed by atoms with Gasteiger partial charge in [-0.1, -0.05) is 26.2 Å². The van der Waals surface area contributed by atoms with E-state index in [1.165, 1.54) is 26.4 Å². The normalized spacial score (nSPS) is 27.0. The van der Waals surface area contributed by atoms with Gasteiger partial charge in [-0.05, 0) is 18.8 Å². The number of amides is 2. The molecule has 2 N–H and O–H groups in total. The van der Waals surface area contributed by atoms with Crippen LogP contribution in [0, 0.1) is 5.92 Å². The van der Waals surface area contributed by atoms with Crippen molar-refractivity contribution >= 4 is 6.03 Å². The van der Waals surface area contributed by atoms with Gasteiger partial charge in [0.2, 0.25) is 0 Å². The topological polar surface area (TPSA) is 50.4 Å². The van der Waals surface area contributed by atoms with Crippen molar-refractivity contribution < 1.29 is 9.63 Å². The van der Waals surface area contributed by atoms with Gasteiger partial charge < -0.3 is 5.32 Å². The van der Waals surface area contributed by atoms with Gasteiger partial charge in [0.25, 0.3) is 0 Å². The highest BCUT2D eigenvalue weighted by Crippen LogP contribution is 2.26. The molecule has 82 valence electrons. The Labute approximate surface area is 85.3 Å². The minimum absolute atomic E-state index is 0.228. The van der Waals surface area contributed by atoms with Crippen LogP contribution in [0.5, 0.6) is 0 Å². The molecule has 0 aromatic carbocycles. The zero-order chi connectivity index (χ0) is 10.4. The van der Waals surface area contributed by atoms with Crippen molar-refractivity contribution in [2.75, 3.05) is 7.11 Å². The van der Waals surface area contributed by atoms with E-state index in [0.717, 1.165) is 18.8 Å². The minimum Gasteiger partial charge on any atom is -0.334 e. The Balaban J connectivity index is 2.26. The second-order valence-electron chi connectivity index (χ2n) is 3.92. The molecule has 1 aliphatic carbocycles. The number of rotatable bonds is 3. The largest absolute Gasteiger partial charge is 0.338 e. The monoisotopic (exact) mass is 200 g/mol. The molecule has 14 heavy (non-hydrogen) atoms. The van der Waals surface area contributed by atoms with Crippen LogP contribution in [0.4, 0.5) is 4.79 Å². The summed E-state index contributed by atoms with van der Waals surface area (Å²) in [5.74, 6) is 0.775. The number of hydrogen-bond donors (Lipinski definition) is 2. The lowest BCUT2D eigenvalue weighted by Gasteiger charge is -2.28. The highest BCUT2D eigenvalue weighted by Gasteiger charge is 2.21. The lowest BCUT2D eigenvalue weighted by Crippen LogP contribution is -2.43. The number of carbonyl (C=O) groups excluding carboxylic acids is 1. The van der Waals surface area contributed by atoms with Crippen molar-refractivity contribution in [3.05, 3.63) is 0 Å². The Hall–Kier alpha value is -0.770. The fraction of sp³-hybridized carbons (Fsp3) is 0.900. The van der Waals surface area contributed by atoms with Crippen LogP contribution in [0.15, 0.2) is 0 Å². The van der Waals surface area contributed by atoms with Crippen LogP contribution in [0.25, 0.3) is 0 Å². The lowest BCUT2D eigenvalue weighted by molar-refractivity contribution is 0.104. The summed E-state index contributed by atoms with van der Waals surface area (Å²) < 4.78 is 0. The Morgan fingerprint density at radius 1 is 1.50 bits per heavy atom. The van der Waals surface area contributed by atoms with Crippen molar-refractivity contribution in [1.29, 1.82) is 0 Å². The van der Waals surface area contributed by atoms with Crippen molar-refractivity contribution in [3.63, 3.8) is 0 Å². The van der Waals surface area contributed by atoms with Crippen LogP contribution in [-0.4, -0.2) is 19.2 Å². The molecule has 0 aliphatic heterocycles. The summed E-state index contributed by atoms with van der Waals surface area (Å²) in [6.45, 7) is 2.21. The maximum Gasteiger partial charge on any atom is 0.338 e. The molecule has 2 amide bonds. The predicted molar refractivity (Wildman–Crippen MR) is 54.7 cm³/mol. The second-order valence-corrected chi connectivity index (χ2v) is 3.92. The van der Waals surface area contributed by atoms with Gasteiger partial charge >= 0.3 is 6.03 Å². The molecule has 4 nitrogen and oxygen atoms in total. The number of hydrogen-bond acceptors (Lipinski definition) is 2. The van der Waals surface area contributed by atoms with E-state index >= 15 is 0 Å². The average Bonchev–Trinajstić information content (AvgIpc) is 2.18. The first-order chi connectivity index (χ1) is 6.76. The quantitative estimate of drug-likeness (QED) is 0.683. The third-order valence-corrected chi connectivity index (χ3v) is 2.89. The molecule has 1 saturated carbocycles. The fourth-order valence-corrected chi connectivity index (χ4v) is 2.10. The molecule has 0 aromatic heterocycles. The molecule has 0 radical (unpaired) electrons. The van der Waals surface area contributed by atoms with Crippen LogP contribution >= 0.6 is 0 Å². The van der Waals surface area contributed by atoms with E-state index in [0.29, 0.717) is 6.04 Å². The van der Waals surface area contributed by atoms with Gasteiger partial charge in [0, 0.05) is 6.04 Å². The van der Waals surface area contributed by atoms with E-state index < -0.39 is 0 Å². The molecule has 4 heteroatoms. The van der Waals surface area contributed by atoms with Gasteiger partial charge in [0.1, 0.15) is 0 Å². The molecule has 2 atom stereocenters. The summed E-state index contributed by atoms with van der Waals surface area (Å²) in [6.07, 6.45) is 5.93. The van der Waals surface area contributed by atoms with E-state index in [2.05, 4.69) is 22.6 Å². The average molecular weight is 200 g/mol. The molecule has 1 rings (SSSR count). The summed E-state index contributed by atoms with van der Waals surface area (Å²) in [6, 6.07) is 0.0955. The van der Waals surface area contributed by atoms with Crippen molar-refractivity contribution in [2.45, 2.75) is 45.1 Å². The van der Waals surface area contributed by atoms with E-state index in [1.807, 2.05) is 0 Å². The van der Waals surface area contributed by atoms with Crippen LogP contribution in [0.2, 0.25) is 0 Å². The molecule has 1 aliphatic rings. The number of hydroxylamine groups is 1. The first-order valence-electron chi connectivity index (χ1n) is 5.35. The SMILES string of the molecule is CCC1CCCC(NC(=O)NOC)C1. The summed E-state index contributed by atoms with van der Waals surface area (Å²) in [5.41, 5.74) is 2.28. The molecule has 1 fully saturated rings. The van der Waals surface area contributed by atoms with E-state index in [-0.39, 0.29) is 6.03 Å². The number of carbonyl (C=O) groups is 1. The molecule has 0 bridgehead atoms. The van der Waals surface area contributed by atoms with Crippen molar-refractivity contribution in [2.24, 2.45) is 5.92 Å². The third-order valence-electron chi connectivity index (χ3n) is 2.89. The zero-order valence-corrected chi connectivity index (χ0v) is 9.01. The van der Waals surface area contributed by atoms with Crippen LogP contribution in [0.3, 0.4) is 0 Å². The first-order valence-corrected chi connectivity index (χ1v) is 5.35. The molecule has 0 spiro atoms. The van der Waals surface area contributed by atoms with Crippen molar-refractivity contribution in [3.8, 4) is 0 Å². The molecule has 0 saturated heterocycles. The lowest BCUT2D eigenvalue weighted by atomic mass is 9.84. The van der Waals surface area contributed by atoms with Gasteiger partial charge in [-0.2, -0.15) is 0 Å². The van der Waals surface area contributed by atoms with Gasteiger partial charge in [-0.3, -0.25) is 4.84 Å². The summed E-state index contributed by atoms with van der Waals surface area (Å²) in [7, 11) is 1.44. The first kappa shape index (κ1) is 11.3. The molecule has 2 unspecified atom stereocenters. The van der Waals surface area contributed by atoms with Crippen LogP contribution in [-0.2, 0) is 4.84 Å². The zero-order valence-electron chi connectivity index (χ0n) is 9.01. The molecule has 0 aromatic rings. The number of nitrogens with one attached hydrogen (secondary N) is 2. The van der Waals surface area contributed by atoms with E-state index in [4.69, 9.17) is 0 Å². The Morgan fingerprint density at radius 3 is 2.93 bits per heavy atom. The summed E-state index contributed by atoms with van der Waals surface area (Å²) in [4.78, 5) is 15.7. The highest BCUT2D eigenvalue weighted by atomic mass is 16.6. The smallest absolute Gasteiger partial charge is 0.334 e. The van der Waals surface area contributed by atoms with E-state index in [1.54, 1.807) is 0 Å². The fourth-order valence-electron chi connectivity index (χ4n) is 2.10. The van der Waals surface area contributed by atoms with E-state index in [9.17, 15) is 4.79 Å². The minimum atomic E-state index is -0.228. The third kappa shape index (κ3) is 3.54.